The predicted octanol–water partition coefficient (Wildman–Crippen LogP) is 3.70. The van der Waals surface area contributed by atoms with Crippen LogP contribution in [0.1, 0.15) is 35.8 Å². The van der Waals surface area contributed by atoms with E-state index in [1.54, 1.807) is 24.0 Å². The maximum absolute atomic E-state index is 13.0. The van der Waals surface area contributed by atoms with Gasteiger partial charge in [-0.1, -0.05) is 55.5 Å². The fraction of sp³-hybridized carbons (Fsp3) is 0.300. The molecule has 0 N–H and O–H groups in total. The first-order valence-electron chi connectivity index (χ1n) is 8.03. The first-order valence-corrected chi connectivity index (χ1v) is 8.03. The molecule has 0 spiro atoms. The third kappa shape index (κ3) is 4.22. The molecule has 4 heteroatoms. The van der Waals surface area contributed by atoms with Gasteiger partial charge in [-0.3, -0.25) is 9.59 Å². The minimum Gasteiger partial charge on any atom is -0.469 e. The molecule has 2 aromatic rings. The van der Waals surface area contributed by atoms with E-state index in [2.05, 4.69) is 0 Å². The molecule has 2 rings (SSSR count). The van der Waals surface area contributed by atoms with Crippen LogP contribution >= 0.6 is 0 Å². The molecule has 2 aromatic carbocycles. The molecule has 2 unspecified atom stereocenters. The number of benzene rings is 2. The number of rotatable bonds is 6. The van der Waals surface area contributed by atoms with Gasteiger partial charge in [-0.2, -0.15) is 0 Å². The Morgan fingerprint density at radius 2 is 1.50 bits per heavy atom. The number of ether oxygens (including phenoxy) is 1. The lowest BCUT2D eigenvalue weighted by Crippen LogP contribution is -2.39. The fourth-order valence-electron chi connectivity index (χ4n) is 2.65. The lowest BCUT2D eigenvalue weighted by molar-refractivity contribution is -0.145. The van der Waals surface area contributed by atoms with Crippen molar-refractivity contribution in [1.29, 1.82) is 0 Å². The topological polar surface area (TPSA) is 46.6 Å². The van der Waals surface area contributed by atoms with E-state index in [1.165, 1.54) is 7.11 Å². The Balaban J connectivity index is 2.30. The summed E-state index contributed by atoms with van der Waals surface area (Å²) in [5, 5.41) is 0. The zero-order chi connectivity index (χ0) is 17.5. The Morgan fingerprint density at radius 3 is 2.04 bits per heavy atom. The van der Waals surface area contributed by atoms with Crippen LogP contribution in [0.3, 0.4) is 0 Å². The standard InChI is InChI=1S/C20H23NO3/c1-15(20(23)24-3)14-21(16(2)17-10-6-4-7-11-17)19(22)18-12-8-5-9-13-18/h4-13,15-16H,14H2,1-3H3. The highest BCUT2D eigenvalue weighted by Gasteiger charge is 2.27. The summed E-state index contributed by atoms with van der Waals surface area (Å²) in [5.41, 5.74) is 1.64. The third-order valence-corrected chi connectivity index (χ3v) is 4.11. The van der Waals surface area contributed by atoms with Gasteiger partial charge in [0.15, 0.2) is 0 Å². The number of esters is 1. The Labute approximate surface area is 143 Å². The molecule has 0 saturated carbocycles. The molecule has 0 aliphatic heterocycles. The molecule has 0 aromatic heterocycles. The molecular weight excluding hydrogens is 302 g/mol. The van der Waals surface area contributed by atoms with Gasteiger partial charge in [0.05, 0.1) is 19.1 Å². The minimum atomic E-state index is -0.395. The van der Waals surface area contributed by atoms with Crippen molar-refractivity contribution < 1.29 is 14.3 Å². The molecule has 0 aliphatic carbocycles. The van der Waals surface area contributed by atoms with Crippen LogP contribution in [-0.4, -0.2) is 30.4 Å². The number of amides is 1. The van der Waals surface area contributed by atoms with E-state index in [0.29, 0.717) is 12.1 Å². The molecule has 0 radical (unpaired) electrons. The van der Waals surface area contributed by atoms with Gasteiger partial charge in [-0.15, -0.1) is 0 Å². The first-order chi connectivity index (χ1) is 11.5. The number of carbonyl (C=O) groups excluding carboxylic acids is 2. The van der Waals surface area contributed by atoms with Crippen molar-refractivity contribution in [2.75, 3.05) is 13.7 Å². The summed E-state index contributed by atoms with van der Waals surface area (Å²) < 4.78 is 4.81. The van der Waals surface area contributed by atoms with Gasteiger partial charge in [0.2, 0.25) is 0 Å². The van der Waals surface area contributed by atoms with Crippen molar-refractivity contribution in [2.24, 2.45) is 5.92 Å². The van der Waals surface area contributed by atoms with Gasteiger partial charge >= 0.3 is 5.97 Å². The summed E-state index contributed by atoms with van der Waals surface area (Å²) in [6.07, 6.45) is 0. The SMILES string of the molecule is COC(=O)C(C)CN(C(=O)c1ccccc1)C(C)c1ccccc1. The molecule has 0 saturated heterocycles. The Bertz CT molecular complexity index is 670. The normalized spacial score (nSPS) is 13.0. The van der Waals surface area contributed by atoms with E-state index >= 15 is 0 Å². The second-order valence-electron chi connectivity index (χ2n) is 5.83. The number of methoxy groups -OCH3 is 1. The van der Waals surface area contributed by atoms with Crippen molar-refractivity contribution in [3.63, 3.8) is 0 Å². The summed E-state index contributed by atoms with van der Waals surface area (Å²) in [6, 6.07) is 18.8. The molecule has 24 heavy (non-hydrogen) atoms. The molecule has 0 fully saturated rings. The summed E-state index contributed by atoms with van der Waals surface area (Å²) in [4.78, 5) is 26.5. The maximum Gasteiger partial charge on any atom is 0.310 e. The van der Waals surface area contributed by atoms with Gasteiger partial charge in [0, 0.05) is 12.1 Å². The molecule has 126 valence electrons. The highest BCUT2D eigenvalue weighted by Crippen LogP contribution is 2.23. The van der Waals surface area contributed by atoms with Crippen molar-refractivity contribution in [3.05, 3.63) is 71.8 Å². The van der Waals surface area contributed by atoms with Crippen molar-refractivity contribution in [3.8, 4) is 0 Å². The smallest absolute Gasteiger partial charge is 0.310 e. The summed E-state index contributed by atoms with van der Waals surface area (Å²) in [5.74, 6) is -0.808. The molecule has 4 nitrogen and oxygen atoms in total. The van der Waals surface area contributed by atoms with E-state index in [0.717, 1.165) is 5.56 Å². The van der Waals surface area contributed by atoms with Gasteiger partial charge in [-0.05, 0) is 24.6 Å². The van der Waals surface area contributed by atoms with Gasteiger partial charge < -0.3 is 9.64 Å². The number of hydrogen-bond acceptors (Lipinski definition) is 3. The maximum atomic E-state index is 13.0. The molecule has 0 aliphatic rings. The average Bonchev–Trinajstić information content (AvgIpc) is 2.65. The van der Waals surface area contributed by atoms with Crippen LogP contribution in [0.5, 0.6) is 0 Å². The summed E-state index contributed by atoms with van der Waals surface area (Å²) >= 11 is 0. The molecular formula is C20H23NO3. The second-order valence-corrected chi connectivity index (χ2v) is 5.83. The Kier molecular flexibility index (Phi) is 6.13. The van der Waals surface area contributed by atoms with E-state index in [1.807, 2.05) is 55.5 Å². The predicted molar refractivity (Wildman–Crippen MR) is 93.5 cm³/mol. The van der Waals surface area contributed by atoms with Crippen LogP contribution in [-0.2, 0) is 9.53 Å². The zero-order valence-electron chi connectivity index (χ0n) is 14.3. The van der Waals surface area contributed by atoms with Crippen molar-refractivity contribution in [2.45, 2.75) is 19.9 Å². The van der Waals surface area contributed by atoms with Gasteiger partial charge in [0.25, 0.3) is 5.91 Å². The van der Waals surface area contributed by atoms with E-state index in [-0.39, 0.29) is 17.9 Å². The van der Waals surface area contributed by atoms with Crippen molar-refractivity contribution >= 4 is 11.9 Å². The van der Waals surface area contributed by atoms with Crippen LogP contribution in [0.25, 0.3) is 0 Å². The van der Waals surface area contributed by atoms with Gasteiger partial charge in [-0.25, -0.2) is 0 Å². The van der Waals surface area contributed by atoms with Crippen LogP contribution < -0.4 is 0 Å². The lowest BCUT2D eigenvalue weighted by Gasteiger charge is -2.31. The van der Waals surface area contributed by atoms with Gasteiger partial charge in [0.1, 0.15) is 0 Å². The van der Waals surface area contributed by atoms with Crippen molar-refractivity contribution in [1.82, 2.24) is 4.90 Å². The molecule has 0 heterocycles. The lowest BCUT2D eigenvalue weighted by atomic mass is 10.0. The fourth-order valence-corrected chi connectivity index (χ4v) is 2.65. The van der Waals surface area contributed by atoms with E-state index in [9.17, 15) is 9.59 Å². The highest BCUT2D eigenvalue weighted by atomic mass is 16.5. The first kappa shape index (κ1) is 17.7. The Hall–Kier alpha value is -2.62. The van der Waals surface area contributed by atoms with Crippen LogP contribution in [0.4, 0.5) is 0 Å². The van der Waals surface area contributed by atoms with Crippen LogP contribution in [0.2, 0.25) is 0 Å². The number of carbonyl (C=O) groups is 2. The average molecular weight is 325 g/mol. The summed E-state index contributed by atoms with van der Waals surface area (Å²) in [7, 11) is 1.36. The summed E-state index contributed by atoms with van der Waals surface area (Å²) in [6.45, 7) is 4.05. The van der Waals surface area contributed by atoms with Crippen LogP contribution in [0.15, 0.2) is 60.7 Å². The van der Waals surface area contributed by atoms with E-state index in [4.69, 9.17) is 4.74 Å². The highest BCUT2D eigenvalue weighted by molar-refractivity contribution is 5.94. The number of nitrogens with zero attached hydrogens (tertiary/aromatic N) is 1. The quantitative estimate of drug-likeness (QED) is 0.761. The monoisotopic (exact) mass is 325 g/mol. The van der Waals surface area contributed by atoms with E-state index < -0.39 is 5.92 Å². The second kappa shape index (κ2) is 8.29. The molecule has 0 bridgehead atoms. The number of hydrogen-bond donors (Lipinski definition) is 0. The molecule has 2 atom stereocenters. The molecule has 1 amide bonds. The largest absolute Gasteiger partial charge is 0.469 e. The van der Waals surface area contributed by atoms with Crippen LogP contribution in [0, 0.1) is 5.92 Å². The third-order valence-electron chi connectivity index (χ3n) is 4.11. The minimum absolute atomic E-state index is 0.0947. The Morgan fingerprint density at radius 1 is 0.958 bits per heavy atom. The zero-order valence-corrected chi connectivity index (χ0v) is 14.3.